The van der Waals surface area contributed by atoms with Crippen LogP contribution in [-0.4, -0.2) is 13.7 Å². The Morgan fingerprint density at radius 2 is 0.915 bits per heavy atom. The topological polar surface area (TPSA) is 42.9 Å². The van der Waals surface area contributed by atoms with Crippen LogP contribution in [-0.2, 0) is 0 Å². The molecule has 0 saturated carbocycles. The third-order valence-electron chi connectivity index (χ3n) is 12.1. The number of para-hydroxylation sites is 4. The molecular weight excluding hydrogens is 719 g/mol. The molecule has 0 unspecified atom stereocenters. The number of nitriles is 1. The molecule has 3 heterocycles. The Balaban J connectivity index is 1.08. The molecule has 0 radical (unpaired) electrons. The van der Waals surface area contributed by atoms with E-state index in [2.05, 4.69) is 188 Å². The molecule has 0 spiro atoms. The van der Waals surface area contributed by atoms with Gasteiger partial charge in [0.2, 0.25) is 5.69 Å². The van der Waals surface area contributed by atoms with E-state index in [1.807, 2.05) is 18.2 Å². The Morgan fingerprint density at radius 1 is 0.407 bits per heavy atom. The van der Waals surface area contributed by atoms with Gasteiger partial charge in [-0.2, -0.15) is 5.26 Å². The summed E-state index contributed by atoms with van der Waals surface area (Å²) in [6.07, 6.45) is 0. The van der Waals surface area contributed by atoms with Crippen molar-refractivity contribution in [1.29, 1.82) is 5.26 Å². The minimum atomic E-state index is 0.424. The summed E-state index contributed by atoms with van der Waals surface area (Å²) in [5.41, 5.74) is 12.1. The zero-order valence-corrected chi connectivity index (χ0v) is 31.6. The van der Waals surface area contributed by atoms with E-state index in [4.69, 9.17) is 6.57 Å². The van der Waals surface area contributed by atoms with Gasteiger partial charge >= 0.3 is 0 Å². The van der Waals surface area contributed by atoms with Crippen LogP contribution >= 0.6 is 0 Å². The Morgan fingerprint density at radius 3 is 1.58 bits per heavy atom. The molecule has 5 heteroatoms. The molecule has 0 atom stereocenters. The van der Waals surface area contributed by atoms with Crippen molar-refractivity contribution >= 4 is 81.9 Å². The van der Waals surface area contributed by atoms with Crippen LogP contribution < -0.4 is 0 Å². The fraction of sp³-hybridized carbons (Fsp3) is 0. The van der Waals surface area contributed by atoms with Gasteiger partial charge in [0.25, 0.3) is 0 Å². The maximum atomic E-state index is 10.7. The lowest BCUT2D eigenvalue weighted by Crippen LogP contribution is -2.02. The maximum absolute atomic E-state index is 10.7. The van der Waals surface area contributed by atoms with Crippen LogP contribution in [0.4, 0.5) is 5.69 Å². The molecule has 12 rings (SSSR count). The lowest BCUT2D eigenvalue weighted by atomic mass is 10.0. The smallest absolute Gasteiger partial charge is 0.212 e. The average Bonchev–Trinajstić information content (AvgIpc) is 3.94. The van der Waals surface area contributed by atoms with Crippen LogP contribution in [0.25, 0.3) is 109 Å². The van der Waals surface area contributed by atoms with Gasteiger partial charge in [-0.25, -0.2) is 4.85 Å². The minimum Gasteiger partial charge on any atom is -0.319 e. The summed E-state index contributed by atoms with van der Waals surface area (Å²) in [6.45, 7) is 8.35. The summed E-state index contributed by atoms with van der Waals surface area (Å²) in [6, 6.07) is 68.4. The highest BCUT2D eigenvalue weighted by Gasteiger charge is 2.22. The normalized spacial score (nSPS) is 11.7. The van der Waals surface area contributed by atoms with Gasteiger partial charge < -0.3 is 13.7 Å². The molecule has 0 aliphatic heterocycles. The fourth-order valence-corrected chi connectivity index (χ4v) is 9.53. The highest BCUT2D eigenvalue weighted by molar-refractivity contribution is 6.21. The van der Waals surface area contributed by atoms with E-state index in [1.54, 1.807) is 6.07 Å². The maximum Gasteiger partial charge on any atom is 0.212 e. The molecule has 9 aromatic carbocycles. The Kier molecular flexibility index (Phi) is 6.99. The predicted octanol–water partition coefficient (Wildman–Crippen LogP) is 14.2. The monoisotopic (exact) mass is 749 g/mol. The molecule has 3 aromatic heterocycles. The van der Waals surface area contributed by atoms with Gasteiger partial charge in [0, 0.05) is 38.0 Å². The first-order chi connectivity index (χ1) is 29.2. The third kappa shape index (κ3) is 4.71. The van der Waals surface area contributed by atoms with Crippen molar-refractivity contribution in [2.75, 3.05) is 0 Å². The Labute approximate surface area is 338 Å². The summed E-state index contributed by atoms with van der Waals surface area (Å²) in [4.78, 5) is 4.03. The molecular formula is C54H31N5. The predicted molar refractivity (Wildman–Crippen MR) is 243 cm³/mol. The van der Waals surface area contributed by atoms with E-state index in [0.717, 1.165) is 88.1 Å². The van der Waals surface area contributed by atoms with E-state index in [1.165, 1.54) is 16.3 Å². The van der Waals surface area contributed by atoms with Gasteiger partial charge in [-0.15, -0.1) is 0 Å². The molecule has 272 valence electrons. The standard InChI is InChI=1S/C54H31N5/c1-56-45-31-37(33-55)52(32-53(45)59-48-22-12-9-19-42(48)54-39-16-6-5-13-34(39)23-28-51(54)59)58-47-21-11-8-18-41(47)44-30-36(25-27-50(44)58)35-24-26-49-43(29-35)40-17-7-10-20-46(40)57(49)38-14-3-2-4-15-38/h2-32H. The largest absolute Gasteiger partial charge is 0.319 e. The number of aromatic nitrogens is 3. The van der Waals surface area contributed by atoms with E-state index in [9.17, 15) is 5.26 Å². The van der Waals surface area contributed by atoms with E-state index >= 15 is 0 Å². The summed E-state index contributed by atoms with van der Waals surface area (Å²) >= 11 is 0. The van der Waals surface area contributed by atoms with Gasteiger partial charge in [-0.05, 0) is 94.7 Å². The van der Waals surface area contributed by atoms with E-state index in [-0.39, 0.29) is 0 Å². The second-order valence-electron chi connectivity index (χ2n) is 15.1. The fourth-order valence-electron chi connectivity index (χ4n) is 9.53. The summed E-state index contributed by atoms with van der Waals surface area (Å²) < 4.78 is 6.74. The number of benzene rings is 9. The van der Waals surface area contributed by atoms with Crippen molar-refractivity contribution in [1.82, 2.24) is 13.7 Å². The molecule has 5 nitrogen and oxygen atoms in total. The Hall–Kier alpha value is -8.38. The first-order valence-corrected chi connectivity index (χ1v) is 19.7. The second-order valence-corrected chi connectivity index (χ2v) is 15.1. The molecule has 12 aromatic rings. The van der Waals surface area contributed by atoms with E-state index < -0.39 is 0 Å². The molecule has 0 amide bonds. The van der Waals surface area contributed by atoms with Crippen LogP contribution in [0.3, 0.4) is 0 Å². The number of rotatable bonds is 4. The highest BCUT2D eigenvalue weighted by Crippen LogP contribution is 2.43. The molecule has 0 saturated heterocycles. The van der Waals surface area contributed by atoms with Gasteiger partial charge in [0.05, 0.1) is 62.7 Å². The third-order valence-corrected chi connectivity index (χ3v) is 12.1. The van der Waals surface area contributed by atoms with Crippen molar-refractivity contribution in [2.24, 2.45) is 0 Å². The van der Waals surface area contributed by atoms with Gasteiger partial charge in [-0.3, -0.25) is 0 Å². The van der Waals surface area contributed by atoms with Crippen LogP contribution in [0, 0.1) is 17.9 Å². The van der Waals surface area contributed by atoms with Crippen LogP contribution in [0.5, 0.6) is 0 Å². The molecule has 0 bridgehead atoms. The van der Waals surface area contributed by atoms with Crippen molar-refractivity contribution < 1.29 is 0 Å². The van der Waals surface area contributed by atoms with Crippen molar-refractivity contribution in [3.05, 3.63) is 205 Å². The van der Waals surface area contributed by atoms with Crippen LogP contribution in [0.1, 0.15) is 5.56 Å². The first-order valence-electron chi connectivity index (χ1n) is 19.7. The number of fused-ring (bicyclic) bond motifs is 11. The number of hydrogen-bond acceptors (Lipinski definition) is 1. The number of hydrogen-bond donors (Lipinski definition) is 0. The van der Waals surface area contributed by atoms with Gasteiger partial charge in [0.15, 0.2) is 0 Å². The highest BCUT2D eigenvalue weighted by atomic mass is 15.0. The van der Waals surface area contributed by atoms with Crippen molar-refractivity contribution in [3.63, 3.8) is 0 Å². The lowest BCUT2D eigenvalue weighted by Gasteiger charge is -2.16. The molecule has 0 aliphatic carbocycles. The van der Waals surface area contributed by atoms with Crippen LogP contribution in [0.15, 0.2) is 188 Å². The summed E-state index contributed by atoms with van der Waals surface area (Å²) in [5, 5.41) is 19.9. The van der Waals surface area contributed by atoms with Gasteiger partial charge in [0.1, 0.15) is 0 Å². The van der Waals surface area contributed by atoms with Crippen molar-refractivity contribution in [2.45, 2.75) is 0 Å². The minimum absolute atomic E-state index is 0.424. The average molecular weight is 750 g/mol. The summed E-state index contributed by atoms with van der Waals surface area (Å²) in [7, 11) is 0. The second kappa shape index (κ2) is 12.6. The first kappa shape index (κ1) is 32.8. The molecule has 0 fully saturated rings. The quantitative estimate of drug-likeness (QED) is 0.165. The zero-order valence-electron chi connectivity index (χ0n) is 31.6. The van der Waals surface area contributed by atoms with Crippen molar-refractivity contribution in [3.8, 4) is 34.3 Å². The Bertz CT molecular complexity index is 3810. The zero-order chi connectivity index (χ0) is 39.2. The summed E-state index contributed by atoms with van der Waals surface area (Å²) in [5.74, 6) is 0. The van der Waals surface area contributed by atoms with E-state index in [0.29, 0.717) is 11.3 Å². The molecule has 59 heavy (non-hydrogen) atoms. The lowest BCUT2D eigenvalue weighted by molar-refractivity contribution is 1.13. The molecule has 0 N–H and O–H groups in total. The van der Waals surface area contributed by atoms with Crippen LogP contribution in [0.2, 0.25) is 0 Å². The number of nitrogens with zero attached hydrogens (tertiary/aromatic N) is 5. The SMILES string of the molecule is [C-]#[N+]c1cc(C#N)c(-n2c3ccccc3c3cc(-c4ccc5c(c4)c4ccccc4n5-c4ccccc4)ccc32)cc1-n1c2ccccc2c2c3ccccc3ccc21. The molecule has 0 aliphatic rings. The van der Waals surface area contributed by atoms with Gasteiger partial charge in [-0.1, -0.05) is 115 Å².